The van der Waals surface area contributed by atoms with Crippen molar-refractivity contribution < 1.29 is 13.2 Å². The minimum absolute atomic E-state index is 0.0298. The molecule has 1 heterocycles. The lowest BCUT2D eigenvalue weighted by atomic mass is 10.2. The van der Waals surface area contributed by atoms with Crippen molar-refractivity contribution in [2.45, 2.75) is 24.3 Å². The van der Waals surface area contributed by atoms with E-state index in [0.29, 0.717) is 22.3 Å². The van der Waals surface area contributed by atoms with Crippen LogP contribution in [0.15, 0.2) is 77.7 Å². The maximum atomic E-state index is 13.4. The summed E-state index contributed by atoms with van der Waals surface area (Å²) in [5.74, 6) is -0.430. The number of anilines is 2. The number of halogens is 2. The molecule has 0 radical (unpaired) electrons. The number of nitrogens with zero attached hydrogens (tertiary/aromatic N) is 2. The average Bonchev–Trinajstić information content (AvgIpc) is 3.37. The van der Waals surface area contributed by atoms with Gasteiger partial charge >= 0.3 is 0 Å². The van der Waals surface area contributed by atoms with Crippen molar-refractivity contribution in [3.05, 3.63) is 88.4 Å². The Kier molecular flexibility index (Phi) is 7.66. The average molecular weight is 518 g/mol. The maximum absolute atomic E-state index is 13.4. The second-order valence-corrected chi connectivity index (χ2v) is 10.8. The van der Waals surface area contributed by atoms with Crippen molar-refractivity contribution in [2.24, 2.45) is 0 Å². The first-order valence-electron chi connectivity index (χ1n) is 11.0. The fourth-order valence-corrected chi connectivity index (χ4v) is 5.59. The third-order valence-corrected chi connectivity index (χ3v) is 7.96. The van der Waals surface area contributed by atoms with Crippen LogP contribution in [-0.2, 0) is 21.4 Å². The highest BCUT2D eigenvalue weighted by Gasteiger charge is 2.27. The molecule has 6 nitrogen and oxygen atoms in total. The third kappa shape index (κ3) is 5.84. The van der Waals surface area contributed by atoms with Crippen LogP contribution in [0.5, 0.6) is 0 Å². The predicted molar refractivity (Wildman–Crippen MR) is 137 cm³/mol. The highest BCUT2D eigenvalue weighted by Crippen LogP contribution is 2.27. The number of carbonyl (C=O) groups excluding carboxylic acids is 1. The molecule has 0 saturated carbocycles. The van der Waals surface area contributed by atoms with Gasteiger partial charge in [-0.05, 0) is 73.0 Å². The van der Waals surface area contributed by atoms with Crippen molar-refractivity contribution in [3.8, 4) is 0 Å². The van der Waals surface area contributed by atoms with Gasteiger partial charge in [0.15, 0.2) is 0 Å². The van der Waals surface area contributed by atoms with E-state index in [1.807, 2.05) is 12.1 Å². The summed E-state index contributed by atoms with van der Waals surface area (Å²) in [4.78, 5) is 15.2. The van der Waals surface area contributed by atoms with Crippen LogP contribution in [-0.4, -0.2) is 34.0 Å². The molecule has 0 aliphatic carbocycles. The van der Waals surface area contributed by atoms with Gasteiger partial charge in [0.05, 0.1) is 10.6 Å². The van der Waals surface area contributed by atoms with Gasteiger partial charge in [-0.3, -0.25) is 9.10 Å². The van der Waals surface area contributed by atoms with Crippen molar-refractivity contribution in [3.63, 3.8) is 0 Å². The lowest BCUT2D eigenvalue weighted by molar-refractivity contribution is -0.119. The van der Waals surface area contributed by atoms with Crippen LogP contribution < -0.4 is 14.5 Å². The van der Waals surface area contributed by atoms with Crippen LogP contribution in [0, 0.1) is 0 Å². The first-order valence-corrected chi connectivity index (χ1v) is 13.2. The third-order valence-electron chi connectivity index (χ3n) is 5.68. The van der Waals surface area contributed by atoms with E-state index in [2.05, 4.69) is 22.3 Å². The Hall–Kier alpha value is -2.74. The van der Waals surface area contributed by atoms with Gasteiger partial charge in [-0.1, -0.05) is 41.4 Å². The fourth-order valence-electron chi connectivity index (χ4n) is 3.87. The first-order chi connectivity index (χ1) is 16.3. The first kappa shape index (κ1) is 24.4. The van der Waals surface area contributed by atoms with Crippen LogP contribution in [0.1, 0.15) is 18.4 Å². The minimum atomic E-state index is -4.03. The van der Waals surface area contributed by atoms with Crippen LogP contribution >= 0.6 is 23.2 Å². The summed E-state index contributed by atoms with van der Waals surface area (Å²) in [6, 6.07) is 20.3. The maximum Gasteiger partial charge on any atom is 0.264 e. The smallest absolute Gasteiger partial charge is 0.264 e. The molecule has 34 heavy (non-hydrogen) atoms. The Labute approximate surface area is 210 Å². The molecule has 3 aromatic rings. The standard InChI is InChI=1S/C25H25Cl2N3O3S/c26-20-8-12-24(13-9-20)34(32,33)30(23-5-3-4-21(27)16-23)18-25(31)28-17-19-6-10-22(11-7-19)29-14-1-2-15-29/h3-13,16H,1-2,14-15,17-18H2,(H,28,31). The monoisotopic (exact) mass is 517 g/mol. The Morgan fingerprint density at radius 3 is 2.24 bits per heavy atom. The molecule has 9 heteroatoms. The molecule has 1 saturated heterocycles. The summed E-state index contributed by atoms with van der Waals surface area (Å²) in [6.45, 7) is 2.04. The van der Waals surface area contributed by atoms with Crippen molar-refractivity contribution in [1.29, 1.82) is 0 Å². The molecule has 1 N–H and O–H groups in total. The molecular weight excluding hydrogens is 493 g/mol. The minimum Gasteiger partial charge on any atom is -0.372 e. The van der Waals surface area contributed by atoms with E-state index in [9.17, 15) is 13.2 Å². The van der Waals surface area contributed by atoms with Gasteiger partial charge in [-0.2, -0.15) is 0 Å². The van der Waals surface area contributed by atoms with Crippen LogP contribution in [0.3, 0.4) is 0 Å². The number of rotatable bonds is 8. The van der Waals surface area contributed by atoms with E-state index < -0.39 is 22.5 Å². The quantitative estimate of drug-likeness (QED) is 0.450. The highest BCUT2D eigenvalue weighted by molar-refractivity contribution is 7.92. The molecule has 0 atom stereocenters. The summed E-state index contributed by atoms with van der Waals surface area (Å²) in [6.07, 6.45) is 2.42. The van der Waals surface area contributed by atoms with Gasteiger partial charge in [0, 0.05) is 35.4 Å². The molecule has 1 aliphatic rings. The zero-order valence-electron chi connectivity index (χ0n) is 18.5. The SMILES string of the molecule is O=C(CN(c1cccc(Cl)c1)S(=O)(=O)c1ccc(Cl)cc1)NCc1ccc(N2CCCC2)cc1. The van der Waals surface area contributed by atoms with E-state index in [0.717, 1.165) is 23.0 Å². The molecule has 4 rings (SSSR count). The Morgan fingerprint density at radius 1 is 0.912 bits per heavy atom. The molecule has 178 valence electrons. The molecular formula is C25H25Cl2N3O3S. The Morgan fingerprint density at radius 2 is 1.59 bits per heavy atom. The zero-order valence-corrected chi connectivity index (χ0v) is 20.8. The largest absolute Gasteiger partial charge is 0.372 e. The van der Waals surface area contributed by atoms with Gasteiger partial charge in [-0.15, -0.1) is 0 Å². The second-order valence-electron chi connectivity index (χ2n) is 8.08. The van der Waals surface area contributed by atoms with Gasteiger partial charge in [0.1, 0.15) is 6.54 Å². The molecule has 1 fully saturated rings. The molecule has 0 unspecified atom stereocenters. The summed E-state index contributed by atoms with van der Waals surface area (Å²) < 4.78 is 27.8. The summed E-state index contributed by atoms with van der Waals surface area (Å²) >= 11 is 12.0. The van der Waals surface area contributed by atoms with Gasteiger partial charge < -0.3 is 10.2 Å². The molecule has 1 aliphatic heterocycles. The topological polar surface area (TPSA) is 69.7 Å². The summed E-state index contributed by atoms with van der Waals surface area (Å²) in [5, 5.41) is 3.61. The summed E-state index contributed by atoms with van der Waals surface area (Å²) in [7, 11) is -4.03. The van der Waals surface area contributed by atoms with Crippen molar-refractivity contribution in [2.75, 3.05) is 28.8 Å². The lowest BCUT2D eigenvalue weighted by Gasteiger charge is -2.24. The number of benzene rings is 3. The van der Waals surface area contributed by atoms with E-state index in [1.54, 1.807) is 18.2 Å². The Balaban J connectivity index is 1.48. The highest BCUT2D eigenvalue weighted by atomic mass is 35.5. The van der Waals surface area contributed by atoms with Gasteiger partial charge in [0.25, 0.3) is 10.0 Å². The number of hydrogen-bond donors (Lipinski definition) is 1. The molecule has 0 bridgehead atoms. The predicted octanol–water partition coefficient (Wildman–Crippen LogP) is 5.11. The van der Waals surface area contributed by atoms with E-state index in [1.165, 1.54) is 48.9 Å². The lowest BCUT2D eigenvalue weighted by Crippen LogP contribution is -2.40. The van der Waals surface area contributed by atoms with Crippen molar-refractivity contribution in [1.82, 2.24) is 5.32 Å². The number of hydrogen-bond acceptors (Lipinski definition) is 4. The zero-order chi connectivity index (χ0) is 24.1. The molecule has 0 spiro atoms. The summed E-state index contributed by atoms with van der Waals surface area (Å²) in [5.41, 5.74) is 2.41. The van der Waals surface area contributed by atoms with Crippen LogP contribution in [0.2, 0.25) is 10.0 Å². The van der Waals surface area contributed by atoms with Crippen LogP contribution in [0.4, 0.5) is 11.4 Å². The molecule has 1 amide bonds. The van der Waals surface area contributed by atoms with E-state index in [-0.39, 0.29) is 4.90 Å². The van der Waals surface area contributed by atoms with Crippen molar-refractivity contribution >= 4 is 50.5 Å². The van der Waals surface area contributed by atoms with E-state index >= 15 is 0 Å². The number of sulfonamides is 1. The van der Waals surface area contributed by atoms with Gasteiger partial charge in [-0.25, -0.2) is 8.42 Å². The van der Waals surface area contributed by atoms with Gasteiger partial charge in [0.2, 0.25) is 5.91 Å². The molecule has 0 aromatic heterocycles. The second kappa shape index (κ2) is 10.7. The van der Waals surface area contributed by atoms with E-state index in [4.69, 9.17) is 23.2 Å². The van der Waals surface area contributed by atoms with Crippen LogP contribution in [0.25, 0.3) is 0 Å². The fraction of sp³-hybridized carbons (Fsp3) is 0.240. The number of nitrogens with one attached hydrogen (secondary N) is 1. The Bertz CT molecular complexity index is 1240. The normalized spacial score (nSPS) is 13.6. The number of amides is 1. The number of carbonyl (C=O) groups is 1. The molecule has 3 aromatic carbocycles.